The van der Waals surface area contributed by atoms with E-state index in [1.807, 2.05) is 6.92 Å². The fourth-order valence-corrected chi connectivity index (χ4v) is 0. The molecule has 1 heteroatoms. The van der Waals surface area contributed by atoms with Crippen molar-refractivity contribution in [1.82, 2.24) is 0 Å². The number of rotatable bonds is 1. The molecule has 0 saturated carbocycles. The van der Waals surface area contributed by atoms with Gasteiger partial charge in [0.15, 0.2) is 0 Å². The van der Waals surface area contributed by atoms with Crippen LogP contribution in [0.15, 0.2) is 0 Å². The number of hydrogen-bond acceptors (Lipinski definition) is 1. The molecule has 0 bridgehead atoms. The van der Waals surface area contributed by atoms with Crippen molar-refractivity contribution in [2.75, 3.05) is 5.75 Å². The van der Waals surface area contributed by atoms with Crippen LogP contribution in [0.5, 0.6) is 0 Å². The summed E-state index contributed by atoms with van der Waals surface area (Å²) in [7, 11) is 0. The van der Waals surface area contributed by atoms with Gasteiger partial charge in [-0.1, -0.05) is 33.6 Å². The Morgan fingerprint density at radius 2 is 1.14 bits per heavy atom. The van der Waals surface area contributed by atoms with Crippen molar-refractivity contribution in [1.29, 1.82) is 0 Å². The summed E-state index contributed by atoms with van der Waals surface area (Å²) < 4.78 is 0. The molecule has 0 nitrogen and oxygen atoms in total. The van der Waals surface area contributed by atoms with Crippen LogP contribution in [0.3, 0.4) is 0 Å². The molecular formula is C6H16S. The zero-order valence-corrected chi connectivity index (χ0v) is 6.46. The van der Waals surface area contributed by atoms with Crippen molar-refractivity contribution in [2.24, 2.45) is 0 Å². The minimum atomic E-state index is 0.944. The van der Waals surface area contributed by atoms with Crippen LogP contribution in [0.25, 0.3) is 0 Å². The van der Waals surface area contributed by atoms with Gasteiger partial charge in [-0.2, -0.15) is 12.6 Å². The van der Waals surface area contributed by atoms with E-state index in [9.17, 15) is 0 Å². The van der Waals surface area contributed by atoms with E-state index < -0.39 is 0 Å². The Balaban J connectivity index is 0. The van der Waals surface area contributed by atoms with Crippen molar-refractivity contribution >= 4 is 12.6 Å². The molecule has 46 valence electrons. The van der Waals surface area contributed by atoms with Crippen molar-refractivity contribution in [3.63, 3.8) is 0 Å². The second-order valence-corrected chi connectivity index (χ2v) is 1.95. The van der Waals surface area contributed by atoms with Crippen LogP contribution in [0.2, 0.25) is 0 Å². The summed E-state index contributed by atoms with van der Waals surface area (Å²) in [6, 6.07) is 0. The molecule has 0 aromatic rings. The van der Waals surface area contributed by atoms with E-state index >= 15 is 0 Å². The van der Waals surface area contributed by atoms with Crippen LogP contribution in [-0.2, 0) is 0 Å². The maximum absolute atomic E-state index is 3.79. The summed E-state index contributed by atoms with van der Waals surface area (Å²) in [4.78, 5) is 0. The first-order valence-corrected chi connectivity index (χ1v) is 3.57. The molecule has 7 heavy (non-hydrogen) atoms. The summed E-state index contributed by atoms with van der Waals surface area (Å²) in [5, 5.41) is 0. The van der Waals surface area contributed by atoms with Gasteiger partial charge in [-0.15, -0.1) is 0 Å². The van der Waals surface area contributed by atoms with Crippen molar-refractivity contribution in [3.8, 4) is 0 Å². The molecular weight excluding hydrogens is 104 g/mol. The average molecular weight is 120 g/mol. The Bertz CT molecular complexity index is 11.7. The molecule has 0 saturated heterocycles. The molecule has 0 amide bonds. The first-order valence-electron chi connectivity index (χ1n) is 2.94. The molecule has 0 aliphatic carbocycles. The molecule has 0 atom stereocenters. The second kappa shape index (κ2) is 16.2. The molecule has 0 radical (unpaired) electrons. The first-order chi connectivity index (χ1) is 3.33. The van der Waals surface area contributed by atoms with Gasteiger partial charge in [0.2, 0.25) is 0 Å². The van der Waals surface area contributed by atoms with Crippen molar-refractivity contribution in [2.45, 2.75) is 33.6 Å². The molecule has 0 fully saturated rings. The number of unbranched alkanes of at least 4 members (excludes halogenated alkanes) is 1. The normalized spacial score (nSPS) is 6.86. The fraction of sp³-hybridized carbons (Fsp3) is 1.00. The van der Waals surface area contributed by atoms with Gasteiger partial charge < -0.3 is 0 Å². The summed E-state index contributed by atoms with van der Waals surface area (Å²) >= 11 is 3.79. The quantitative estimate of drug-likeness (QED) is 0.505. The van der Waals surface area contributed by atoms with Gasteiger partial charge in [0.1, 0.15) is 0 Å². The zero-order valence-electron chi connectivity index (χ0n) is 5.57. The highest BCUT2D eigenvalue weighted by Crippen LogP contribution is 1.76. The lowest BCUT2D eigenvalue weighted by atomic mass is 10.4. The van der Waals surface area contributed by atoms with Crippen molar-refractivity contribution < 1.29 is 0 Å². The fourth-order valence-electron chi connectivity index (χ4n) is 0. The van der Waals surface area contributed by atoms with Gasteiger partial charge in [0.25, 0.3) is 0 Å². The van der Waals surface area contributed by atoms with Crippen molar-refractivity contribution in [3.05, 3.63) is 0 Å². The molecule has 0 spiro atoms. The molecule has 0 heterocycles. The lowest BCUT2D eigenvalue weighted by Crippen LogP contribution is -1.47. The molecule has 0 aromatic carbocycles. The van der Waals surface area contributed by atoms with E-state index in [1.165, 1.54) is 12.8 Å². The third kappa shape index (κ3) is 65.9. The summed E-state index contributed by atoms with van der Waals surface area (Å²) in [5.41, 5.74) is 0. The first kappa shape index (κ1) is 10.4. The second-order valence-electron chi connectivity index (χ2n) is 1.32. The third-order valence-corrected chi connectivity index (χ3v) is 0.500. The van der Waals surface area contributed by atoms with Gasteiger partial charge in [-0.05, 0) is 5.75 Å². The maximum atomic E-state index is 3.79. The van der Waals surface area contributed by atoms with E-state index in [2.05, 4.69) is 26.5 Å². The molecule has 0 unspecified atom stereocenters. The Labute approximate surface area is 52.7 Å². The summed E-state index contributed by atoms with van der Waals surface area (Å²) in [6.07, 6.45) is 2.64. The number of hydrogen-bond donors (Lipinski definition) is 1. The maximum Gasteiger partial charge on any atom is -0.0126 e. The van der Waals surface area contributed by atoms with Crippen LogP contribution in [-0.4, -0.2) is 5.75 Å². The highest BCUT2D eigenvalue weighted by molar-refractivity contribution is 7.80. The third-order valence-electron chi connectivity index (χ3n) is 0.500. The lowest BCUT2D eigenvalue weighted by Gasteiger charge is -1.68. The van der Waals surface area contributed by atoms with Gasteiger partial charge in [0.05, 0.1) is 0 Å². The van der Waals surface area contributed by atoms with Crippen LogP contribution in [0, 0.1) is 0 Å². The van der Waals surface area contributed by atoms with E-state index in [0.29, 0.717) is 0 Å². The molecule has 0 N–H and O–H groups in total. The highest BCUT2D eigenvalue weighted by atomic mass is 32.1. The van der Waals surface area contributed by atoms with E-state index in [1.54, 1.807) is 0 Å². The Kier molecular flexibility index (Phi) is 24.0. The molecule has 0 aromatic heterocycles. The van der Waals surface area contributed by atoms with Gasteiger partial charge in [-0.3, -0.25) is 0 Å². The van der Waals surface area contributed by atoms with Gasteiger partial charge >= 0.3 is 0 Å². The average Bonchev–Trinajstić information content (AvgIpc) is 1.69. The minimum absolute atomic E-state index is 0.944. The number of thiol groups is 1. The predicted octanol–water partition coefficient (Wildman–Crippen LogP) is 2.74. The van der Waals surface area contributed by atoms with Crippen LogP contribution < -0.4 is 0 Å². The summed E-state index contributed by atoms with van der Waals surface area (Å²) in [6.45, 7) is 6.35. The lowest BCUT2D eigenvalue weighted by molar-refractivity contribution is 0.886. The predicted molar refractivity (Wildman–Crippen MR) is 40.1 cm³/mol. The van der Waals surface area contributed by atoms with E-state index in [4.69, 9.17) is 0 Å². The van der Waals surface area contributed by atoms with Crippen LogP contribution in [0.4, 0.5) is 0 Å². The standard InChI is InChI=1S/C4H10.C2H6S/c1-3-4-2;1-2-3/h3-4H2,1-2H3;3H,2H2,1H3. The van der Waals surface area contributed by atoms with E-state index in [0.717, 1.165) is 5.75 Å². The van der Waals surface area contributed by atoms with Crippen LogP contribution in [0.1, 0.15) is 33.6 Å². The smallest absolute Gasteiger partial charge is 0.0126 e. The minimum Gasteiger partial charge on any atom is -0.180 e. The topological polar surface area (TPSA) is 0 Å². The molecule has 0 aliphatic heterocycles. The highest BCUT2D eigenvalue weighted by Gasteiger charge is 1.56. The van der Waals surface area contributed by atoms with E-state index in [-0.39, 0.29) is 0 Å². The van der Waals surface area contributed by atoms with Crippen LogP contribution >= 0.6 is 12.6 Å². The Morgan fingerprint density at radius 3 is 1.14 bits per heavy atom. The largest absolute Gasteiger partial charge is 0.180 e. The molecule has 0 aliphatic rings. The zero-order chi connectivity index (χ0) is 6.12. The van der Waals surface area contributed by atoms with Gasteiger partial charge in [0, 0.05) is 0 Å². The SMILES string of the molecule is CCCC.CCS. The Morgan fingerprint density at radius 1 is 1.00 bits per heavy atom. The Hall–Kier alpha value is 0.350. The monoisotopic (exact) mass is 120 g/mol. The summed E-state index contributed by atoms with van der Waals surface area (Å²) in [5.74, 6) is 0.944. The van der Waals surface area contributed by atoms with Gasteiger partial charge in [-0.25, -0.2) is 0 Å². The molecule has 0 rings (SSSR count).